The molecular weight excluding hydrogens is 304 g/mol. The Morgan fingerprint density at radius 1 is 1.21 bits per heavy atom. The molecule has 6 heteroatoms. The molecule has 1 aromatic rings. The first-order valence-corrected chi connectivity index (χ1v) is 9.14. The third-order valence-corrected chi connectivity index (χ3v) is 5.08. The zero-order valence-electron chi connectivity index (χ0n) is 14.8. The Hall–Kier alpha value is -1.69. The van der Waals surface area contributed by atoms with Crippen molar-refractivity contribution in [2.75, 3.05) is 37.7 Å². The van der Waals surface area contributed by atoms with Gasteiger partial charge in [-0.3, -0.25) is 4.79 Å². The van der Waals surface area contributed by atoms with Gasteiger partial charge in [0, 0.05) is 32.8 Å². The maximum Gasteiger partial charge on any atom is 0.228 e. The smallest absolute Gasteiger partial charge is 0.228 e. The molecule has 132 valence electrons. The monoisotopic (exact) mass is 332 g/mol. The van der Waals surface area contributed by atoms with E-state index in [1.165, 1.54) is 0 Å². The number of hydrogen-bond donors (Lipinski definition) is 0. The van der Waals surface area contributed by atoms with Crippen molar-refractivity contribution in [3.05, 3.63) is 17.8 Å². The van der Waals surface area contributed by atoms with Crippen LogP contribution in [0.25, 0.3) is 0 Å². The third-order valence-electron chi connectivity index (χ3n) is 5.08. The van der Waals surface area contributed by atoms with E-state index in [1.807, 2.05) is 24.0 Å². The SMILES string of the molecule is CC[C@@H]1OCCC[C@@H]1C(=O)N1CCCN(c2ccc(C)nn2)CC1. The van der Waals surface area contributed by atoms with Gasteiger partial charge in [0.25, 0.3) is 0 Å². The molecule has 0 bridgehead atoms. The van der Waals surface area contributed by atoms with Crippen molar-refractivity contribution in [3.8, 4) is 0 Å². The molecule has 1 aromatic heterocycles. The molecule has 2 aliphatic heterocycles. The van der Waals surface area contributed by atoms with Gasteiger partial charge >= 0.3 is 0 Å². The van der Waals surface area contributed by atoms with E-state index in [0.717, 1.165) is 70.0 Å². The highest BCUT2D eigenvalue weighted by molar-refractivity contribution is 5.79. The van der Waals surface area contributed by atoms with Gasteiger partial charge in [-0.15, -0.1) is 5.10 Å². The zero-order valence-corrected chi connectivity index (χ0v) is 14.8. The number of carbonyl (C=O) groups excluding carboxylic acids is 1. The second-order valence-electron chi connectivity index (χ2n) is 6.77. The molecule has 2 atom stereocenters. The van der Waals surface area contributed by atoms with Crippen molar-refractivity contribution in [2.24, 2.45) is 5.92 Å². The van der Waals surface area contributed by atoms with Gasteiger partial charge in [-0.2, -0.15) is 5.10 Å². The Bertz CT molecular complexity index is 548. The largest absolute Gasteiger partial charge is 0.377 e. The minimum atomic E-state index is 0.0365. The molecule has 3 rings (SSSR count). The molecule has 0 N–H and O–H groups in total. The lowest BCUT2D eigenvalue weighted by atomic mass is 9.91. The summed E-state index contributed by atoms with van der Waals surface area (Å²) in [6, 6.07) is 4.00. The molecule has 6 nitrogen and oxygen atoms in total. The summed E-state index contributed by atoms with van der Waals surface area (Å²) in [5.74, 6) is 1.22. The molecule has 2 aliphatic rings. The average molecular weight is 332 g/mol. The number of aromatic nitrogens is 2. The topological polar surface area (TPSA) is 58.6 Å². The van der Waals surface area contributed by atoms with Crippen LogP contribution >= 0.6 is 0 Å². The second-order valence-corrected chi connectivity index (χ2v) is 6.77. The number of aryl methyl sites for hydroxylation is 1. The first-order chi connectivity index (χ1) is 11.7. The van der Waals surface area contributed by atoms with Gasteiger partial charge in [-0.25, -0.2) is 0 Å². The summed E-state index contributed by atoms with van der Waals surface area (Å²) in [6.07, 6.45) is 3.92. The van der Waals surface area contributed by atoms with Crippen LogP contribution < -0.4 is 4.90 Å². The second kappa shape index (κ2) is 7.92. The number of carbonyl (C=O) groups is 1. The molecule has 0 aliphatic carbocycles. The lowest BCUT2D eigenvalue weighted by Gasteiger charge is -2.34. The van der Waals surface area contributed by atoms with Crippen LogP contribution in [-0.2, 0) is 9.53 Å². The van der Waals surface area contributed by atoms with E-state index in [-0.39, 0.29) is 17.9 Å². The van der Waals surface area contributed by atoms with Crippen molar-refractivity contribution in [1.29, 1.82) is 0 Å². The molecule has 24 heavy (non-hydrogen) atoms. The average Bonchev–Trinajstić information content (AvgIpc) is 2.88. The van der Waals surface area contributed by atoms with Crippen LogP contribution in [0.5, 0.6) is 0 Å². The number of ether oxygens (including phenoxy) is 1. The van der Waals surface area contributed by atoms with Crippen LogP contribution in [0.1, 0.15) is 38.3 Å². The fourth-order valence-corrected chi connectivity index (χ4v) is 3.69. The Kier molecular flexibility index (Phi) is 5.66. The predicted octanol–water partition coefficient (Wildman–Crippen LogP) is 2.03. The number of hydrogen-bond acceptors (Lipinski definition) is 5. The minimum Gasteiger partial charge on any atom is -0.377 e. The molecule has 0 unspecified atom stereocenters. The highest BCUT2D eigenvalue weighted by Crippen LogP contribution is 2.26. The van der Waals surface area contributed by atoms with Crippen molar-refractivity contribution in [3.63, 3.8) is 0 Å². The molecule has 2 fully saturated rings. The van der Waals surface area contributed by atoms with Crippen LogP contribution in [0.15, 0.2) is 12.1 Å². The van der Waals surface area contributed by atoms with Crippen LogP contribution in [0.2, 0.25) is 0 Å². The Morgan fingerprint density at radius 2 is 2.08 bits per heavy atom. The number of nitrogens with zero attached hydrogens (tertiary/aromatic N) is 4. The van der Waals surface area contributed by atoms with Crippen LogP contribution in [0.3, 0.4) is 0 Å². The van der Waals surface area contributed by atoms with Crippen LogP contribution in [-0.4, -0.2) is 59.9 Å². The zero-order chi connectivity index (χ0) is 16.9. The number of amides is 1. The van der Waals surface area contributed by atoms with Crippen LogP contribution in [0, 0.1) is 12.8 Å². The summed E-state index contributed by atoms with van der Waals surface area (Å²) >= 11 is 0. The van der Waals surface area contributed by atoms with E-state index in [2.05, 4.69) is 22.0 Å². The van der Waals surface area contributed by atoms with Gasteiger partial charge in [0.15, 0.2) is 5.82 Å². The van der Waals surface area contributed by atoms with E-state index in [9.17, 15) is 4.79 Å². The first kappa shape index (κ1) is 17.1. The highest BCUT2D eigenvalue weighted by atomic mass is 16.5. The summed E-state index contributed by atoms with van der Waals surface area (Å²) in [4.78, 5) is 17.2. The van der Waals surface area contributed by atoms with Gasteiger partial charge in [0.2, 0.25) is 5.91 Å². The highest BCUT2D eigenvalue weighted by Gasteiger charge is 2.34. The van der Waals surface area contributed by atoms with E-state index >= 15 is 0 Å². The van der Waals surface area contributed by atoms with E-state index in [4.69, 9.17) is 4.74 Å². The predicted molar refractivity (Wildman–Crippen MR) is 92.9 cm³/mol. The van der Waals surface area contributed by atoms with Crippen LogP contribution in [0.4, 0.5) is 5.82 Å². The Balaban J connectivity index is 1.62. The normalized spacial score (nSPS) is 25.4. The lowest BCUT2D eigenvalue weighted by Crippen LogP contribution is -2.45. The maximum atomic E-state index is 13.0. The number of anilines is 1. The molecule has 0 spiro atoms. The van der Waals surface area contributed by atoms with Gasteiger partial charge in [-0.1, -0.05) is 6.92 Å². The maximum absolute atomic E-state index is 13.0. The van der Waals surface area contributed by atoms with Gasteiger partial charge in [0.05, 0.1) is 17.7 Å². The molecule has 0 aromatic carbocycles. The summed E-state index contributed by atoms with van der Waals surface area (Å²) in [5.41, 5.74) is 0.924. The summed E-state index contributed by atoms with van der Waals surface area (Å²) < 4.78 is 5.81. The lowest BCUT2D eigenvalue weighted by molar-refractivity contribution is -0.145. The molecule has 3 heterocycles. The van der Waals surface area contributed by atoms with Crippen molar-refractivity contribution in [2.45, 2.75) is 45.6 Å². The van der Waals surface area contributed by atoms with Crippen molar-refractivity contribution < 1.29 is 9.53 Å². The standard InChI is InChI=1S/C18H28N4O2/c1-3-16-15(6-4-13-24-16)18(23)22-10-5-9-21(11-12-22)17-8-7-14(2)19-20-17/h7-8,15-16H,3-6,9-13H2,1-2H3/t15-,16-/m0/s1. The van der Waals surface area contributed by atoms with Gasteiger partial charge in [-0.05, 0) is 44.7 Å². The molecular formula is C18H28N4O2. The van der Waals surface area contributed by atoms with E-state index < -0.39 is 0 Å². The molecule has 1 amide bonds. The fourth-order valence-electron chi connectivity index (χ4n) is 3.69. The first-order valence-electron chi connectivity index (χ1n) is 9.14. The summed E-state index contributed by atoms with van der Waals surface area (Å²) in [6.45, 7) is 8.14. The quantitative estimate of drug-likeness (QED) is 0.848. The third kappa shape index (κ3) is 3.86. The number of rotatable bonds is 3. The van der Waals surface area contributed by atoms with Crippen molar-refractivity contribution >= 4 is 11.7 Å². The fraction of sp³-hybridized carbons (Fsp3) is 0.722. The summed E-state index contributed by atoms with van der Waals surface area (Å²) in [7, 11) is 0. The molecule has 2 saturated heterocycles. The van der Waals surface area contributed by atoms with Gasteiger partial charge in [0.1, 0.15) is 0 Å². The molecule has 0 saturated carbocycles. The van der Waals surface area contributed by atoms with E-state index in [1.54, 1.807) is 0 Å². The Morgan fingerprint density at radius 3 is 2.83 bits per heavy atom. The summed E-state index contributed by atoms with van der Waals surface area (Å²) in [5, 5.41) is 8.43. The van der Waals surface area contributed by atoms with Gasteiger partial charge < -0.3 is 14.5 Å². The molecule has 0 radical (unpaired) electrons. The Labute approximate surface area is 144 Å². The van der Waals surface area contributed by atoms with E-state index in [0.29, 0.717) is 0 Å². The van der Waals surface area contributed by atoms with Crippen molar-refractivity contribution in [1.82, 2.24) is 15.1 Å². The minimum absolute atomic E-state index is 0.0365.